The second kappa shape index (κ2) is 15.2. The Hall–Kier alpha value is -3.88. The third-order valence-corrected chi connectivity index (χ3v) is 6.49. The van der Waals surface area contributed by atoms with Crippen LogP contribution in [0.1, 0.15) is 60.2 Å². The van der Waals surface area contributed by atoms with E-state index in [-0.39, 0.29) is 5.41 Å². The molecule has 8 nitrogen and oxygen atoms in total. The number of ether oxygens (including phenoxy) is 6. The lowest BCUT2D eigenvalue weighted by atomic mass is 9.90. The Labute approximate surface area is 241 Å². The standard InChI is InChI=1S/C33H38O8/c1-3-4-20-38-27-11-7-25(8-12-27)31(34)40-29-15-17-30(18-16-29)41-32(35)26-9-13-28(14-10-26)39-21-6-5-19-36-22-33(2)23-37-24-33/h7-18H,3-6,19-24H2,1-2H3. The summed E-state index contributed by atoms with van der Waals surface area (Å²) in [6.45, 7) is 8.46. The predicted octanol–water partition coefficient (Wildman–Crippen LogP) is 6.52. The normalized spacial score (nSPS) is 13.6. The summed E-state index contributed by atoms with van der Waals surface area (Å²) in [5, 5.41) is 0. The lowest BCUT2D eigenvalue weighted by Gasteiger charge is -2.37. The Morgan fingerprint density at radius 2 is 1.10 bits per heavy atom. The van der Waals surface area contributed by atoms with Gasteiger partial charge in [0.25, 0.3) is 0 Å². The highest BCUT2D eigenvalue weighted by molar-refractivity contribution is 5.92. The quantitative estimate of drug-likeness (QED) is 0.111. The van der Waals surface area contributed by atoms with Crippen molar-refractivity contribution in [3.63, 3.8) is 0 Å². The average molecular weight is 563 g/mol. The zero-order valence-electron chi connectivity index (χ0n) is 23.8. The summed E-state index contributed by atoms with van der Waals surface area (Å²) in [7, 11) is 0. The molecule has 0 N–H and O–H groups in total. The molecule has 8 heteroatoms. The molecular formula is C33H38O8. The molecule has 218 valence electrons. The molecule has 1 fully saturated rings. The summed E-state index contributed by atoms with van der Waals surface area (Å²) in [5.74, 6) is 1.10. The van der Waals surface area contributed by atoms with Crippen molar-refractivity contribution < 1.29 is 38.0 Å². The van der Waals surface area contributed by atoms with E-state index < -0.39 is 11.9 Å². The molecule has 1 aliphatic rings. The minimum absolute atomic E-state index is 0.176. The summed E-state index contributed by atoms with van der Waals surface area (Å²) in [6, 6.07) is 20.0. The van der Waals surface area contributed by atoms with Crippen LogP contribution in [-0.2, 0) is 9.47 Å². The Bertz CT molecular complexity index is 1230. The van der Waals surface area contributed by atoms with Gasteiger partial charge in [0.15, 0.2) is 0 Å². The zero-order valence-corrected chi connectivity index (χ0v) is 23.8. The van der Waals surface area contributed by atoms with Crippen molar-refractivity contribution in [2.45, 2.75) is 39.5 Å². The lowest BCUT2D eigenvalue weighted by molar-refractivity contribution is -0.138. The van der Waals surface area contributed by atoms with E-state index in [0.29, 0.717) is 53.9 Å². The van der Waals surface area contributed by atoms with Gasteiger partial charge >= 0.3 is 11.9 Å². The highest BCUT2D eigenvalue weighted by Gasteiger charge is 2.33. The molecule has 0 bridgehead atoms. The van der Waals surface area contributed by atoms with Crippen molar-refractivity contribution in [3.8, 4) is 23.0 Å². The van der Waals surface area contributed by atoms with E-state index in [1.165, 1.54) is 0 Å². The van der Waals surface area contributed by atoms with Crippen LogP contribution >= 0.6 is 0 Å². The number of carbonyl (C=O) groups excluding carboxylic acids is 2. The zero-order chi connectivity index (χ0) is 28.9. The van der Waals surface area contributed by atoms with Gasteiger partial charge in [0.1, 0.15) is 23.0 Å². The van der Waals surface area contributed by atoms with E-state index in [1.807, 2.05) is 0 Å². The highest BCUT2D eigenvalue weighted by atomic mass is 16.5. The fraction of sp³-hybridized carbons (Fsp3) is 0.394. The fourth-order valence-corrected chi connectivity index (χ4v) is 3.97. The first-order valence-corrected chi connectivity index (χ1v) is 14.1. The monoisotopic (exact) mass is 562 g/mol. The minimum Gasteiger partial charge on any atom is -0.494 e. The van der Waals surface area contributed by atoms with Gasteiger partial charge in [-0.05, 0) is 92.1 Å². The second-order valence-corrected chi connectivity index (χ2v) is 10.4. The van der Waals surface area contributed by atoms with E-state index in [1.54, 1.807) is 72.8 Å². The van der Waals surface area contributed by atoms with E-state index >= 15 is 0 Å². The molecule has 0 amide bonds. The van der Waals surface area contributed by atoms with E-state index in [4.69, 9.17) is 28.4 Å². The third-order valence-electron chi connectivity index (χ3n) is 6.49. The molecule has 0 unspecified atom stereocenters. The number of hydrogen-bond acceptors (Lipinski definition) is 8. The van der Waals surface area contributed by atoms with Gasteiger partial charge in [-0.2, -0.15) is 0 Å². The van der Waals surface area contributed by atoms with Crippen LogP contribution in [0.25, 0.3) is 0 Å². The van der Waals surface area contributed by atoms with Crippen molar-refractivity contribution >= 4 is 11.9 Å². The molecule has 0 radical (unpaired) electrons. The summed E-state index contributed by atoms with van der Waals surface area (Å²) >= 11 is 0. The van der Waals surface area contributed by atoms with Gasteiger partial charge in [-0.15, -0.1) is 0 Å². The molecule has 3 aromatic rings. The molecule has 0 saturated carbocycles. The van der Waals surface area contributed by atoms with Gasteiger partial charge in [0.2, 0.25) is 0 Å². The summed E-state index contributed by atoms with van der Waals surface area (Å²) in [4.78, 5) is 25.0. The first kappa shape index (κ1) is 30.1. The van der Waals surface area contributed by atoms with Crippen molar-refractivity contribution in [2.24, 2.45) is 5.41 Å². The number of rotatable bonds is 16. The first-order valence-electron chi connectivity index (χ1n) is 14.1. The van der Waals surface area contributed by atoms with Gasteiger partial charge < -0.3 is 28.4 Å². The molecule has 41 heavy (non-hydrogen) atoms. The van der Waals surface area contributed by atoms with Crippen LogP contribution in [0, 0.1) is 5.41 Å². The highest BCUT2D eigenvalue weighted by Crippen LogP contribution is 2.26. The lowest BCUT2D eigenvalue weighted by Crippen LogP contribution is -2.43. The molecule has 0 atom stereocenters. The van der Waals surface area contributed by atoms with Crippen LogP contribution in [-0.4, -0.2) is 51.6 Å². The topological polar surface area (TPSA) is 89.5 Å². The first-order chi connectivity index (χ1) is 19.9. The molecule has 3 aromatic carbocycles. The van der Waals surface area contributed by atoms with Crippen LogP contribution in [0.5, 0.6) is 23.0 Å². The number of benzene rings is 3. The average Bonchev–Trinajstić information content (AvgIpc) is 2.97. The Balaban J connectivity index is 1.15. The number of unbranched alkanes of at least 4 members (excludes halogenated alkanes) is 2. The minimum atomic E-state index is -0.495. The van der Waals surface area contributed by atoms with Crippen LogP contribution < -0.4 is 18.9 Å². The van der Waals surface area contributed by atoms with E-state index in [9.17, 15) is 9.59 Å². The number of esters is 2. The molecule has 4 rings (SSSR count). The van der Waals surface area contributed by atoms with Crippen LogP contribution in [0.15, 0.2) is 72.8 Å². The van der Waals surface area contributed by atoms with Crippen LogP contribution in [0.3, 0.4) is 0 Å². The fourth-order valence-electron chi connectivity index (χ4n) is 3.97. The summed E-state index contributed by atoms with van der Waals surface area (Å²) in [6.07, 6.45) is 3.83. The van der Waals surface area contributed by atoms with Crippen molar-refractivity contribution in [2.75, 3.05) is 39.6 Å². The number of carbonyl (C=O) groups is 2. The second-order valence-electron chi connectivity index (χ2n) is 10.4. The molecule has 1 aliphatic heterocycles. The van der Waals surface area contributed by atoms with E-state index in [0.717, 1.165) is 45.5 Å². The maximum Gasteiger partial charge on any atom is 0.343 e. The number of hydrogen-bond donors (Lipinski definition) is 0. The molecule has 0 spiro atoms. The smallest absolute Gasteiger partial charge is 0.343 e. The van der Waals surface area contributed by atoms with Crippen molar-refractivity contribution in [3.05, 3.63) is 83.9 Å². The van der Waals surface area contributed by atoms with Gasteiger partial charge in [-0.1, -0.05) is 20.3 Å². The SMILES string of the molecule is CCCCOc1ccc(C(=O)Oc2ccc(OC(=O)c3ccc(OCCCCOCC4(C)COC4)cc3)cc2)cc1. The summed E-state index contributed by atoms with van der Waals surface area (Å²) in [5.41, 5.74) is 0.987. The molecular weight excluding hydrogens is 524 g/mol. The van der Waals surface area contributed by atoms with E-state index in [2.05, 4.69) is 13.8 Å². The Morgan fingerprint density at radius 3 is 1.54 bits per heavy atom. The van der Waals surface area contributed by atoms with Crippen molar-refractivity contribution in [1.82, 2.24) is 0 Å². The van der Waals surface area contributed by atoms with Gasteiger partial charge in [0, 0.05) is 12.0 Å². The maximum atomic E-state index is 12.6. The third kappa shape index (κ3) is 9.62. The maximum absolute atomic E-state index is 12.6. The van der Waals surface area contributed by atoms with Gasteiger partial charge in [0.05, 0.1) is 44.2 Å². The Kier molecular flexibility index (Phi) is 11.2. The molecule has 0 aromatic heterocycles. The molecule has 0 aliphatic carbocycles. The van der Waals surface area contributed by atoms with Crippen molar-refractivity contribution in [1.29, 1.82) is 0 Å². The largest absolute Gasteiger partial charge is 0.494 e. The van der Waals surface area contributed by atoms with Crippen LogP contribution in [0.2, 0.25) is 0 Å². The van der Waals surface area contributed by atoms with Gasteiger partial charge in [-0.3, -0.25) is 0 Å². The summed E-state index contributed by atoms with van der Waals surface area (Å²) < 4.78 is 33.2. The molecule has 1 heterocycles. The predicted molar refractivity (Wildman–Crippen MR) is 154 cm³/mol. The van der Waals surface area contributed by atoms with Gasteiger partial charge in [-0.25, -0.2) is 9.59 Å². The van der Waals surface area contributed by atoms with Crippen LogP contribution in [0.4, 0.5) is 0 Å². The molecule has 1 saturated heterocycles. The Morgan fingerprint density at radius 1 is 0.659 bits per heavy atom.